The van der Waals surface area contributed by atoms with Crippen LogP contribution in [0.5, 0.6) is 0 Å². The zero-order valence-electron chi connectivity index (χ0n) is 19.9. The van der Waals surface area contributed by atoms with Crippen molar-refractivity contribution in [2.24, 2.45) is 5.92 Å². The fourth-order valence-electron chi connectivity index (χ4n) is 4.60. The number of carbonyl (C=O) groups is 1. The van der Waals surface area contributed by atoms with Gasteiger partial charge in [-0.05, 0) is 52.9 Å². The molecule has 0 saturated carbocycles. The Morgan fingerprint density at radius 1 is 0.811 bits per heavy atom. The number of nitrogens with zero attached hydrogens (tertiary/aromatic N) is 2. The molecule has 5 nitrogen and oxygen atoms in total. The molecule has 4 aromatic carbocycles. The van der Waals surface area contributed by atoms with Crippen molar-refractivity contribution in [1.29, 1.82) is 5.26 Å². The van der Waals surface area contributed by atoms with Gasteiger partial charge >= 0.3 is 0 Å². The fraction of sp³-hybridized carbons (Fsp3) is 0.0968. The van der Waals surface area contributed by atoms with Crippen molar-refractivity contribution in [3.8, 4) is 17.2 Å². The van der Waals surface area contributed by atoms with E-state index < -0.39 is 27.9 Å². The van der Waals surface area contributed by atoms with E-state index in [4.69, 9.17) is 0 Å². The van der Waals surface area contributed by atoms with Gasteiger partial charge in [0.15, 0.2) is 0 Å². The maximum absolute atomic E-state index is 13.6. The number of amides is 1. The van der Waals surface area contributed by atoms with Gasteiger partial charge in [0.05, 0.1) is 28.5 Å². The number of β-lactam (4-membered cyclic amide) rings is 1. The van der Waals surface area contributed by atoms with Crippen LogP contribution < -0.4 is 0 Å². The molecule has 6 heteroatoms. The van der Waals surface area contributed by atoms with Crippen molar-refractivity contribution in [2.75, 3.05) is 0 Å². The van der Waals surface area contributed by atoms with Gasteiger partial charge < -0.3 is 0 Å². The Morgan fingerprint density at radius 2 is 1.46 bits per heavy atom. The summed E-state index contributed by atoms with van der Waals surface area (Å²) in [6.07, 6.45) is 3.97. The molecule has 0 spiro atoms. The molecule has 1 saturated heterocycles. The van der Waals surface area contributed by atoms with Crippen LogP contribution in [0.15, 0.2) is 120 Å². The number of sulfonamides is 1. The number of benzene rings is 4. The lowest BCUT2D eigenvalue weighted by Crippen LogP contribution is -2.62. The minimum atomic E-state index is -4.06. The van der Waals surface area contributed by atoms with Gasteiger partial charge in [-0.15, -0.1) is 0 Å². The summed E-state index contributed by atoms with van der Waals surface area (Å²) in [7, 11) is -4.06. The largest absolute Gasteiger partial charge is 0.273 e. The second kappa shape index (κ2) is 10.3. The monoisotopic (exact) mass is 504 g/mol. The van der Waals surface area contributed by atoms with Crippen molar-refractivity contribution in [2.45, 2.75) is 17.4 Å². The molecule has 1 aliphatic rings. The highest BCUT2D eigenvalue weighted by Gasteiger charge is 2.52. The standard InChI is InChI=1S/C31H24N2O3S/c32-22-25-11-7-10-24(20-25)21-29-30(19-14-23-8-3-1-4-9-23)33(31(29)34)37(35,36)28-17-15-27(16-18-28)26-12-5-2-6-13-26/h1-20,29-30H,21H2/b19-14+/t29-,30-/m1/s1. The molecule has 4 aromatic rings. The minimum Gasteiger partial charge on any atom is -0.273 e. The van der Waals surface area contributed by atoms with Crippen LogP contribution in [0.1, 0.15) is 16.7 Å². The topological polar surface area (TPSA) is 78.2 Å². The average Bonchev–Trinajstić information content (AvgIpc) is 2.95. The smallest absolute Gasteiger partial charge is 0.267 e. The molecule has 1 heterocycles. The van der Waals surface area contributed by atoms with E-state index in [2.05, 4.69) is 6.07 Å². The lowest BCUT2D eigenvalue weighted by atomic mass is 9.84. The second-order valence-corrected chi connectivity index (χ2v) is 10.7. The first kappa shape index (κ1) is 24.2. The van der Waals surface area contributed by atoms with Gasteiger partial charge in [0.2, 0.25) is 5.91 Å². The van der Waals surface area contributed by atoms with Crippen LogP contribution in [0.4, 0.5) is 0 Å². The molecule has 5 rings (SSSR count). The molecule has 0 aromatic heterocycles. The van der Waals surface area contributed by atoms with E-state index >= 15 is 0 Å². The number of carbonyl (C=O) groups excluding carboxylic acids is 1. The molecular formula is C31H24N2O3S. The Hall–Kier alpha value is -4.47. The summed E-state index contributed by atoms with van der Waals surface area (Å²) in [6.45, 7) is 0. The number of nitriles is 1. The first-order valence-electron chi connectivity index (χ1n) is 11.9. The van der Waals surface area contributed by atoms with Gasteiger partial charge in [0.1, 0.15) is 0 Å². The SMILES string of the molecule is N#Cc1cccc(C[C@H]2C(=O)N(S(=O)(=O)c3ccc(-c4ccccc4)cc3)[C@@H]2/C=C/c2ccccc2)c1. The van der Waals surface area contributed by atoms with Gasteiger partial charge in [-0.25, -0.2) is 12.7 Å². The minimum absolute atomic E-state index is 0.0728. The van der Waals surface area contributed by atoms with Crippen LogP contribution in [0.3, 0.4) is 0 Å². The van der Waals surface area contributed by atoms with E-state index in [0.29, 0.717) is 12.0 Å². The van der Waals surface area contributed by atoms with Crippen LogP contribution >= 0.6 is 0 Å². The van der Waals surface area contributed by atoms with Gasteiger partial charge in [0, 0.05) is 0 Å². The summed E-state index contributed by atoms with van der Waals surface area (Å²) >= 11 is 0. The molecule has 1 amide bonds. The van der Waals surface area contributed by atoms with Crippen LogP contribution in [0, 0.1) is 17.2 Å². The lowest BCUT2D eigenvalue weighted by molar-refractivity contribution is -0.143. The summed E-state index contributed by atoms with van der Waals surface area (Å²) in [5.41, 5.74) is 4.11. The van der Waals surface area contributed by atoms with Crippen molar-refractivity contribution in [3.05, 3.63) is 132 Å². The predicted octanol–water partition coefficient (Wildman–Crippen LogP) is 5.70. The molecule has 2 atom stereocenters. The Kier molecular flexibility index (Phi) is 6.72. The molecule has 37 heavy (non-hydrogen) atoms. The average molecular weight is 505 g/mol. The number of hydrogen-bond acceptors (Lipinski definition) is 4. The van der Waals surface area contributed by atoms with Crippen LogP contribution in [0.2, 0.25) is 0 Å². The molecule has 1 fully saturated rings. The summed E-state index contributed by atoms with van der Waals surface area (Å²) in [5.74, 6) is -0.996. The molecule has 0 N–H and O–H groups in total. The molecule has 0 unspecified atom stereocenters. The first-order chi connectivity index (χ1) is 18.0. The maximum atomic E-state index is 13.6. The van der Waals surface area contributed by atoms with Crippen molar-refractivity contribution in [1.82, 2.24) is 4.31 Å². The van der Waals surface area contributed by atoms with E-state index in [1.807, 2.05) is 72.8 Å². The summed E-state index contributed by atoms with van der Waals surface area (Å²) < 4.78 is 28.2. The highest BCUT2D eigenvalue weighted by molar-refractivity contribution is 7.89. The number of rotatable bonds is 7. The molecule has 0 bridgehead atoms. The van der Waals surface area contributed by atoms with Crippen molar-refractivity contribution < 1.29 is 13.2 Å². The van der Waals surface area contributed by atoms with Gasteiger partial charge in [0.25, 0.3) is 10.0 Å². The summed E-state index contributed by atoms with van der Waals surface area (Å²) in [4.78, 5) is 13.4. The highest BCUT2D eigenvalue weighted by Crippen LogP contribution is 2.37. The fourth-order valence-corrected chi connectivity index (χ4v) is 6.21. The predicted molar refractivity (Wildman–Crippen MR) is 144 cm³/mol. The van der Waals surface area contributed by atoms with E-state index in [0.717, 1.165) is 26.6 Å². The maximum Gasteiger partial charge on any atom is 0.267 e. The first-order valence-corrected chi connectivity index (χ1v) is 13.4. The number of hydrogen-bond donors (Lipinski definition) is 0. The van der Waals surface area contributed by atoms with Gasteiger partial charge in [-0.2, -0.15) is 5.26 Å². The molecule has 0 aliphatic carbocycles. The van der Waals surface area contributed by atoms with Crippen LogP contribution in [0.25, 0.3) is 17.2 Å². The summed E-state index contributed by atoms with van der Waals surface area (Å²) in [6, 6.07) is 34.4. The highest BCUT2D eigenvalue weighted by atomic mass is 32.2. The van der Waals surface area contributed by atoms with Crippen LogP contribution in [-0.2, 0) is 21.2 Å². The third kappa shape index (κ3) is 4.95. The molecule has 182 valence electrons. The van der Waals surface area contributed by atoms with Gasteiger partial charge in [-0.1, -0.05) is 97.1 Å². The molecule has 0 radical (unpaired) electrons. The van der Waals surface area contributed by atoms with E-state index in [1.165, 1.54) is 0 Å². The van der Waals surface area contributed by atoms with E-state index in [1.54, 1.807) is 48.5 Å². The Labute approximate surface area is 217 Å². The quantitative estimate of drug-likeness (QED) is 0.303. The van der Waals surface area contributed by atoms with Crippen molar-refractivity contribution in [3.63, 3.8) is 0 Å². The zero-order chi connectivity index (χ0) is 25.8. The third-order valence-corrected chi connectivity index (χ3v) is 8.34. The third-order valence-electron chi connectivity index (χ3n) is 6.53. The van der Waals surface area contributed by atoms with Crippen molar-refractivity contribution >= 4 is 22.0 Å². The van der Waals surface area contributed by atoms with Crippen LogP contribution in [-0.4, -0.2) is 24.7 Å². The van der Waals surface area contributed by atoms with E-state index in [-0.39, 0.29) is 4.90 Å². The second-order valence-electron chi connectivity index (χ2n) is 8.91. The van der Waals surface area contributed by atoms with E-state index in [9.17, 15) is 18.5 Å². The summed E-state index contributed by atoms with van der Waals surface area (Å²) in [5, 5.41) is 9.23. The Balaban J connectivity index is 1.45. The lowest BCUT2D eigenvalue weighted by Gasteiger charge is -2.44. The Bertz CT molecular complexity index is 1590. The zero-order valence-corrected chi connectivity index (χ0v) is 20.8. The normalized spacial score (nSPS) is 17.4. The van der Waals surface area contributed by atoms with Gasteiger partial charge in [-0.3, -0.25) is 4.79 Å². The Morgan fingerprint density at radius 3 is 2.14 bits per heavy atom. The molecular weight excluding hydrogens is 480 g/mol. The molecule has 1 aliphatic heterocycles.